The van der Waals surface area contributed by atoms with Gasteiger partial charge in [-0.25, -0.2) is 9.59 Å². The molecular weight excluding hydrogens is 332 g/mol. The summed E-state index contributed by atoms with van der Waals surface area (Å²) in [6.45, 7) is 0.333. The fourth-order valence-electron chi connectivity index (χ4n) is 3.20. The minimum Gasteiger partial charge on any atom is -0.478 e. The lowest BCUT2D eigenvalue weighted by Gasteiger charge is -2.22. The first kappa shape index (κ1) is 17.9. The zero-order valence-electron chi connectivity index (χ0n) is 14.4. The molecule has 2 aromatic rings. The Bertz CT molecular complexity index is 802. The highest BCUT2D eigenvalue weighted by Gasteiger charge is 2.16. The third-order valence-electron chi connectivity index (χ3n) is 4.58. The number of nitrogens with one attached hydrogen (secondary N) is 1. The normalized spacial score (nSPS) is 12.5. The smallest absolute Gasteiger partial charge is 0.335 e. The second-order valence-electron chi connectivity index (χ2n) is 6.41. The van der Waals surface area contributed by atoms with E-state index in [1.807, 2.05) is 12.1 Å². The van der Waals surface area contributed by atoms with Crippen LogP contribution in [0.2, 0.25) is 0 Å². The molecule has 6 nitrogen and oxygen atoms in total. The summed E-state index contributed by atoms with van der Waals surface area (Å²) in [5.41, 5.74) is 4.37. The Morgan fingerprint density at radius 2 is 1.77 bits per heavy atom. The quantitative estimate of drug-likeness (QED) is 0.744. The molecule has 0 bridgehead atoms. The summed E-state index contributed by atoms with van der Waals surface area (Å²) in [6, 6.07) is 12.0. The zero-order valence-corrected chi connectivity index (χ0v) is 14.4. The van der Waals surface area contributed by atoms with Gasteiger partial charge in [-0.2, -0.15) is 0 Å². The molecule has 0 radical (unpaired) electrons. The van der Waals surface area contributed by atoms with Crippen molar-refractivity contribution in [3.05, 3.63) is 64.7 Å². The monoisotopic (exact) mass is 354 g/mol. The summed E-state index contributed by atoms with van der Waals surface area (Å²) in [4.78, 5) is 25.0. The Labute approximate surface area is 152 Å². The Morgan fingerprint density at radius 1 is 1.04 bits per heavy atom. The molecule has 0 aromatic heterocycles. The van der Waals surface area contributed by atoms with Crippen LogP contribution in [0.5, 0.6) is 0 Å². The first-order valence-electron chi connectivity index (χ1n) is 8.67. The van der Waals surface area contributed by atoms with Crippen LogP contribution in [0.1, 0.15) is 33.5 Å². The topological polar surface area (TPSA) is 89.9 Å². The standard InChI is InChI=1S/C20H22N2O4/c23-11-10-22(13-14-4-6-16(7-5-14)19(24)25)20(26)21-18-9-8-15-2-1-3-17(15)12-18/h4-9,12,23H,1-3,10-11,13H2,(H,21,26)(H,24,25). The number of aryl methyl sites for hydroxylation is 2. The number of hydrogen-bond donors (Lipinski definition) is 3. The number of carboxylic acids is 1. The molecule has 0 heterocycles. The summed E-state index contributed by atoms with van der Waals surface area (Å²) < 4.78 is 0. The molecule has 0 saturated heterocycles. The Hall–Kier alpha value is -2.86. The van der Waals surface area contributed by atoms with Crippen molar-refractivity contribution in [2.24, 2.45) is 0 Å². The van der Waals surface area contributed by atoms with Crippen molar-refractivity contribution in [3.8, 4) is 0 Å². The first-order valence-corrected chi connectivity index (χ1v) is 8.67. The van der Waals surface area contributed by atoms with E-state index in [0.717, 1.165) is 30.5 Å². The van der Waals surface area contributed by atoms with E-state index in [1.165, 1.54) is 28.2 Å². The van der Waals surface area contributed by atoms with Gasteiger partial charge in [-0.3, -0.25) is 0 Å². The highest BCUT2D eigenvalue weighted by Crippen LogP contribution is 2.25. The molecule has 0 atom stereocenters. The van der Waals surface area contributed by atoms with Crippen molar-refractivity contribution >= 4 is 17.7 Å². The number of anilines is 1. The largest absolute Gasteiger partial charge is 0.478 e. The van der Waals surface area contributed by atoms with Gasteiger partial charge in [0.25, 0.3) is 0 Å². The zero-order chi connectivity index (χ0) is 18.5. The molecule has 0 unspecified atom stereocenters. The fourth-order valence-corrected chi connectivity index (χ4v) is 3.20. The number of rotatable bonds is 6. The van der Waals surface area contributed by atoms with E-state index in [4.69, 9.17) is 5.11 Å². The molecule has 6 heteroatoms. The number of carboxylic acid groups (broad SMARTS) is 1. The van der Waals surface area contributed by atoms with Crippen LogP contribution >= 0.6 is 0 Å². The van der Waals surface area contributed by atoms with Gasteiger partial charge in [-0.05, 0) is 60.2 Å². The lowest BCUT2D eigenvalue weighted by atomic mass is 10.1. The van der Waals surface area contributed by atoms with Gasteiger partial charge in [0, 0.05) is 18.8 Å². The number of amides is 2. The van der Waals surface area contributed by atoms with E-state index in [-0.39, 0.29) is 31.3 Å². The summed E-state index contributed by atoms with van der Waals surface area (Å²) in [7, 11) is 0. The number of carbonyl (C=O) groups is 2. The van der Waals surface area contributed by atoms with Crippen LogP contribution in [-0.4, -0.2) is 40.3 Å². The highest BCUT2D eigenvalue weighted by molar-refractivity contribution is 5.89. The van der Waals surface area contributed by atoms with Crippen LogP contribution in [0.4, 0.5) is 10.5 Å². The van der Waals surface area contributed by atoms with Gasteiger partial charge in [-0.15, -0.1) is 0 Å². The van der Waals surface area contributed by atoms with E-state index in [9.17, 15) is 14.7 Å². The number of aromatic carboxylic acids is 1. The van der Waals surface area contributed by atoms with Crippen LogP contribution in [0.3, 0.4) is 0 Å². The number of carbonyl (C=O) groups excluding carboxylic acids is 1. The van der Waals surface area contributed by atoms with Crippen molar-refractivity contribution in [3.63, 3.8) is 0 Å². The number of aliphatic hydroxyl groups is 1. The second-order valence-corrected chi connectivity index (χ2v) is 6.41. The van der Waals surface area contributed by atoms with Crippen molar-refractivity contribution in [1.82, 2.24) is 4.90 Å². The predicted molar refractivity (Wildman–Crippen MR) is 98.4 cm³/mol. The van der Waals surface area contributed by atoms with Gasteiger partial charge < -0.3 is 20.4 Å². The Morgan fingerprint density at radius 3 is 2.46 bits per heavy atom. The third-order valence-corrected chi connectivity index (χ3v) is 4.58. The van der Waals surface area contributed by atoms with Crippen molar-refractivity contribution < 1.29 is 19.8 Å². The molecule has 26 heavy (non-hydrogen) atoms. The molecule has 1 aliphatic rings. The number of aliphatic hydroxyl groups excluding tert-OH is 1. The van der Waals surface area contributed by atoms with E-state index in [1.54, 1.807) is 12.1 Å². The molecule has 0 aliphatic heterocycles. The number of nitrogens with zero attached hydrogens (tertiary/aromatic N) is 1. The fraction of sp³-hybridized carbons (Fsp3) is 0.300. The molecule has 0 spiro atoms. The average molecular weight is 354 g/mol. The van der Waals surface area contributed by atoms with E-state index < -0.39 is 5.97 Å². The Kier molecular flexibility index (Phi) is 5.53. The molecule has 1 aliphatic carbocycles. The van der Waals surface area contributed by atoms with Gasteiger partial charge in [0.2, 0.25) is 0 Å². The van der Waals surface area contributed by atoms with Crippen LogP contribution in [0.25, 0.3) is 0 Å². The number of hydrogen-bond acceptors (Lipinski definition) is 3. The van der Waals surface area contributed by atoms with Gasteiger partial charge in [0.05, 0.1) is 12.2 Å². The van der Waals surface area contributed by atoms with Gasteiger partial charge in [0.15, 0.2) is 0 Å². The Balaban J connectivity index is 1.68. The van der Waals surface area contributed by atoms with Crippen LogP contribution in [-0.2, 0) is 19.4 Å². The molecule has 2 amide bonds. The van der Waals surface area contributed by atoms with Crippen LogP contribution in [0.15, 0.2) is 42.5 Å². The van der Waals surface area contributed by atoms with E-state index in [2.05, 4.69) is 11.4 Å². The summed E-state index contributed by atoms with van der Waals surface area (Å²) in [6.07, 6.45) is 3.28. The minimum atomic E-state index is -0.988. The van der Waals surface area contributed by atoms with E-state index >= 15 is 0 Å². The van der Waals surface area contributed by atoms with Gasteiger partial charge >= 0.3 is 12.0 Å². The summed E-state index contributed by atoms with van der Waals surface area (Å²) in [5.74, 6) is -0.988. The van der Waals surface area contributed by atoms with Crippen LogP contribution in [0, 0.1) is 0 Å². The number of urea groups is 1. The maximum Gasteiger partial charge on any atom is 0.335 e. The van der Waals surface area contributed by atoms with Crippen molar-refractivity contribution in [1.29, 1.82) is 0 Å². The molecule has 3 rings (SSSR count). The molecular formula is C20H22N2O4. The maximum atomic E-state index is 12.6. The lowest BCUT2D eigenvalue weighted by molar-refractivity contribution is 0.0697. The van der Waals surface area contributed by atoms with Gasteiger partial charge in [0.1, 0.15) is 0 Å². The minimum absolute atomic E-state index is 0.148. The lowest BCUT2D eigenvalue weighted by Crippen LogP contribution is -2.36. The third kappa shape index (κ3) is 4.21. The second kappa shape index (κ2) is 8.01. The number of fused-ring (bicyclic) bond motifs is 1. The first-order chi connectivity index (χ1) is 12.6. The van der Waals surface area contributed by atoms with Gasteiger partial charge in [-0.1, -0.05) is 18.2 Å². The molecule has 2 aromatic carbocycles. The average Bonchev–Trinajstić information content (AvgIpc) is 3.09. The van der Waals surface area contributed by atoms with Crippen LogP contribution < -0.4 is 5.32 Å². The van der Waals surface area contributed by atoms with E-state index in [0.29, 0.717) is 0 Å². The summed E-state index contributed by atoms with van der Waals surface area (Å²) in [5, 5.41) is 21.1. The predicted octanol–water partition coefficient (Wildman–Crippen LogP) is 2.90. The summed E-state index contributed by atoms with van der Waals surface area (Å²) >= 11 is 0. The SMILES string of the molecule is O=C(O)c1ccc(CN(CCO)C(=O)Nc2ccc3c(c2)CCC3)cc1. The maximum absolute atomic E-state index is 12.6. The van der Waals surface area contributed by atoms with Crippen molar-refractivity contribution in [2.75, 3.05) is 18.5 Å². The molecule has 0 fully saturated rings. The molecule has 0 saturated carbocycles. The molecule has 136 valence electrons. The highest BCUT2D eigenvalue weighted by atomic mass is 16.4. The molecule has 3 N–H and O–H groups in total. The number of benzene rings is 2. The van der Waals surface area contributed by atoms with Crippen molar-refractivity contribution in [2.45, 2.75) is 25.8 Å².